The maximum atomic E-state index is 12.7. The van der Waals surface area contributed by atoms with Gasteiger partial charge in [-0.3, -0.25) is 0 Å². The summed E-state index contributed by atoms with van der Waals surface area (Å²) in [4.78, 5) is -0.534. The molecular weight excluding hydrogens is 329 g/mol. The van der Waals surface area contributed by atoms with Crippen molar-refractivity contribution in [2.24, 2.45) is 5.73 Å². The van der Waals surface area contributed by atoms with Crippen LogP contribution in [0, 0.1) is 0 Å². The highest BCUT2D eigenvalue weighted by Gasteiger charge is 2.35. The van der Waals surface area contributed by atoms with E-state index in [1.807, 2.05) is 0 Å². The molecular formula is C12H14ClF3N2O2S. The number of piperidine rings is 1. The summed E-state index contributed by atoms with van der Waals surface area (Å²) in [7, 11) is -4.09. The Kier molecular flexibility index (Phi) is 4.53. The molecule has 1 heterocycles. The lowest BCUT2D eigenvalue weighted by molar-refractivity contribution is -0.137. The molecule has 0 bridgehead atoms. The number of benzene rings is 1. The highest BCUT2D eigenvalue weighted by molar-refractivity contribution is 7.89. The lowest BCUT2D eigenvalue weighted by Gasteiger charge is -2.30. The molecule has 4 nitrogen and oxygen atoms in total. The number of hydrogen-bond donors (Lipinski definition) is 1. The molecule has 0 amide bonds. The van der Waals surface area contributed by atoms with Crippen molar-refractivity contribution in [3.05, 3.63) is 28.8 Å². The van der Waals surface area contributed by atoms with Crippen molar-refractivity contribution in [2.45, 2.75) is 30.0 Å². The zero-order valence-electron chi connectivity index (χ0n) is 10.9. The van der Waals surface area contributed by atoms with Gasteiger partial charge < -0.3 is 5.73 Å². The molecule has 9 heteroatoms. The number of hydrogen-bond acceptors (Lipinski definition) is 3. The van der Waals surface area contributed by atoms with Gasteiger partial charge in [-0.15, -0.1) is 0 Å². The van der Waals surface area contributed by atoms with Gasteiger partial charge in [-0.05, 0) is 31.0 Å². The van der Waals surface area contributed by atoms with Crippen LogP contribution >= 0.6 is 11.6 Å². The van der Waals surface area contributed by atoms with E-state index in [2.05, 4.69) is 0 Å². The highest BCUT2D eigenvalue weighted by atomic mass is 35.5. The normalized spacial score (nSPS) is 21.5. The monoisotopic (exact) mass is 342 g/mol. The molecule has 21 heavy (non-hydrogen) atoms. The minimum absolute atomic E-state index is 0.0783. The van der Waals surface area contributed by atoms with Crippen LogP contribution in [-0.4, -0.2) is 31.9 Å². The number of nitrogens with two attached hydrogens (primary N) is 1. The molecule has 0 radical (unpaired) electrons. The largest absolute Gasteiger partial charge is 0.416 e. The Labute approximate surface area is 125 Å². The van der Waals surface area contributed by atoms with E-state index in [0.29, 0.717) is 18.9 Å². The molecule has 118 valence electrons. The smallest absolute Gasteiger partial charge is 0.327 e. The van der Waals surface area contributed by atoms with Crippen molar-refractivity contribution in [1.29, 1.82) is 0 Å². The van der Waals surface area contributed by atoms with Crippen LogP contribution in [0.15, 0.2) is 23.1 Å². The van der Waals surface area contributed by atoms with E-state index in [4.69, 9.17) is 17.3 Å². The molecule has 1 atom stereocenters. The van der Waals surface area contributed by atoms with Crippen LogP contribution < -0.4 is 5.73 Å². The molecule has 2 N–H and O–H groups in total. The maximum absolute atomic E-state index is 12.7. The van der Waals surface area contributed by atoms with Gasteiger partial charge in [0.2, 0.25) is 10.0 Å². The third-order valence-electron chi connectivity index (χ3n) is 3.30. The third-order valence-corrected chi connectivity index (χ3v) is 5.64. The molecule has 1 aliphatic heterocycles. The Morgan fingerprint density at radius 3 is 2.57 bits per heavy atom. The van der Waals surface area contributed by atoms with Crippen LogP contribution in [0.25, 0.3) is 0 Å². The van der Waals surface area contributed by atoms with E-state index in [1.165, 1.54) is 0 Å². The second kappa shape index (κ2) is 5.75. The first-order valence-corrected chi connectivity index (χ1v) is 8.06. The number of nitrogens with zero attached hydrogens (tertiary/aromatic N) is 1. The minimum Gasteiger partial charge on any atom is -0.327 e. The summed E-state index contributed by atoms with van der Waals surface area (Å²) in [6, 6.07) is 1.94. The summed E-state index contributed by atoms with van der Waals surface area (Å²) in [6.07, 6.45) is -3.38. The molecule has 2 rings (SSSR count). The van der Waals surface area contributed by atoms with E-state index in [9.17, 15) is 21.6 Å². The molecule has 0 aliphatic carbocycles. The topological polar surface area (TPSA) is 63.4 Å². The van der Waals surface area contributed by atoms with Crippen LogP contribution in [0.3, 0.4) is 0 Å². The molecule has 1 aliphatic rings. The van der Waals surface area contributed by atoms with Crippen LogP contribution in [0.2, 0.25) is 5.02 Å². The second-order valence-electron chi connectivity index (χ2n) is 4.91. The van der Waals surface area contributed by atoms with E-state index in [-0.39, 0.29) is 24.2 Å². The zero-order valence-corrected chi connectivity index (χ0v) is 12.5. The summed E-state index contributed by atoms with van der Waals surface area (Å²) >= 11 is 5.78. The van der Waals surface area contributed by atoms with E-state index in [1.54, 1.807) is 0 Å². The van der Waals surface area contributed by atoms with Gasteiger partial charge in [-0.25, -0.2) is 8.42 Å². The fraction of sp³-hybridized carbons (Fsp3) is 0.500. The summed E-state index contributed by atoms with van der Waals surface area (Å²) in [6.45, 7) is 0.303. The van der Waals surface area contributed by atoms with Gasteiger partial charge >= 0.3 is 6.18 Å². The third kappa shape index (κ3) is 3.50. The summed E-state index contributed by atoms with van der Waals surface area (Å²) in [5.41, 5.74) is 4.67. The van der Waals surface area contributed by atoms with Crippen molar-refractivity contribution in [3.63, 3.8) is 0 Å². The van der Waals surface area contributed by atoms with Crippen molar-refractivity contribution in [2.75, 3.05) is 13.1 Å². The predicted molar refractivity (Wildman–Crippen MR) is 72.4 cm³/mol. The van der Waals surface area contributed by atoms with Crippen LogP contribution in [0.1, 0.15) is 18.4 Å². The van der Waals surface area contributed by atoms with Gasteiger partial charge in [0.05, 0.1) is 10.6 Å². The molecule has 1 unspecified atom stereocenters. The summed E-state index contributed by atoms with van der Waals surface area (Å²) in [5.74, 6) is 0. The molecule has 1 aromatic rings. The van der Waals surface area contributed by atoms with Crippen molar-refractivity contribution < 1.29 is 21.6 Å². The lowest BCUT2D eigenvalue weighted by Crippen LogP contribution is -2.45. The van der Waals surface area contributed by atoms with Crippen molar-refractivity contribution >= 4 is 21.6 Å². The quantitative estimate of drug-likeness (QED) is 0.898. The molecule has 0 aromatic heterocycles. The fourth-order valence-corrected chi connectivity index (χ4v) is 4.24. The van der Waals surface area contributed by atoms with Crippen LogP contribution in [-0.2, 0) is 16.2 Å². The van der Waals surface area contributed by atoms with E-state index in [0.717, 1.165) is 16.4 Å². The van der Waals surface area contributed by atoms with Gasteiger partial charge in [-0.1, -0.05) is 11.6 Å². The Morgan fingerprint density at radius 1 is 1.33 bits per heavy atom. The number of rotatable bonds is 2. The van der Waals surface area contributed by atoms with Crippen molar-refractivity contribution in [3.8, 4) is 0 Å². The van der Waals surface area contributed by atoms with E-state index < -0.39 is 26.7 Å². The first-order valence-electron chi connectivity index (χ1n) is 6.25. The van der Waals surface area contributed by atoms with Gasteiger partial charge in [-0.2, -0.15) is 17.5 Å². The highest BCUT2D eigenvalue weighted by Crippen LogP contribution is 2.34. The molecule has 0 spiro atoms. The Morgan fingerprint density at radius 2 is 2.00 bits per heavy atom. The molecule has 0 saturated carbocycles. The fourth-order valence-electron chi connectivity index (χ4n) is 2.21. The second-order valence-corrected chi connectivity index (χ2v) is 7.22. The predicted octanol–water partition coefficient (Wildman–Crippen LogP) is 2.47. The average Bonchev–Trinajstić information content (AvgIpc) is 2.37. The number of alkyl halides is 3. The number of sulfonamides is 1. The van der Waals surface area contributed by atoms with Crippen molar-refractivity contribution in [1.82, 2.24) is 4.31 Å². The van der Waals surface area contributed by atoms with Crippen LogP contribution in [0.5, 0.6) is 0 Å². The average molecular weight is 343 g/mol. The van der Waals surface area contributed by atoms with Gasteiger partial charge in [0.25, 0.3) is 0 Å². The van der Waals surface area contributed by atoms with E-state index >= 15 is 0 Å². The molecule has 1 saturated heterocycles. The Bertz CT molecular complexity index is 634. The first kappa shape index (κ1) is 16.5. The van der Waals surface area contributed by atoms with Gasteiger partial charge in [0.1, 0.15) is 4.90 Å². The zero-order chi connectivity index (χ0) is 15.8. The Hall–Kier alpha value is -0.830. The Balaban J connectivity index is 2.44. The van der Waals surface area contributed by atoms with Crippen LogP contribution in [0.4, 0.5) is 13.2 Å². The first-order chi connectivity index (χ1) is 9.62. The molecule has 1 fully saturated rings. The number of halogens is 4. The molecule has 1 aromatic carbocycles. The summed E-state index contributed by atoms with van der Waals surface area (Å²) < 4.78 is 64.2. The minimum atomic E-state index is -4.63. The van der Waals surface area contributed by atoms with Gasteiger partial charge in [0, 0.05) is 19.1 Å². The SMILES string of the molecule is NC1CCCN(S(=O)(=O)c2cc(C(F)(F)F)ccc2Cl)C1. The standard InChI is InChI=1S/C12H14ClF3N2O2S/c13-10-4-3-8(12(14,15)16)6-11(10)21(19,20)18-5-1-2-9(17)7-18/h3-4,6,9H,1-2,5,7,17H2. The lowest BCUT2D eigenvalue weighted by atomic mass is 10.1. The summed E-state index contributed by atoms with van der Waals surface area (Å²) in [5, 5.41) is -0.234. The maximum Gasteiger partial charge on any atom is 0.416 e. The van der Waals surface area contributed by atoms with Gasteiger partial charge in [0.15, 0.2) is 0 Å².